The zero-order valence-corrected chi connectivity index (χ0v) is 13.4. The third-order valence-electron chi connectivity index (χ3n) is 3.24. The number of benzene rings is 2. The molecule has 0 aliphatic heterocycles. The second-order valence-electron chi connectivity index (χ2n) is 4.54. The highest BCUT2D eigenvalue weighted by Crippen LogP contribution is 2.33. The van der Waals surface area contributed by atoms with Crippen LogP contribution in [0.4, 0.5) is 4.39 Å². The third-order valence-corrected chi connectivity index (χ3v) is 4.13. The van der Waals surface area contributed by atoms with Crippen molar-refractivity contribution in [3.63, 3.8) is 0 Å². The van der Waals surface area contributed by atoms with Crippen molar-refractivity contribution in [2.24, 2.45) is 0 Å². The number of hydrogen-bond acceptors (Lipinski definition) is 3. The van der Waals surface area contributed by atoms with Crippen molar-refractivity contribution in [1.82, 2.24) is 0 Å². The topological polar surface area (TPSA) is 38.7 Å². The summed E-state index contributed by atoms with van der Waals surface area (Å²) < 4.78 is 24.3. The SMILES string of the molecule is COc1ccc(OC)c(C(O)Cc2cccc(F)c2Br)c1. The Kier molecular flexibility index (Phi) is 5.20. The third kappa shape index (κ3) is 3.54. The van der Waals surface area contributed by atoms with E-state index in [0.717, 1.165) is 0 Å². The summed E-state index contributed by atoms with van der Waals surface area (Å²) in [6.45, 7) is 0. The molecule has 1 atom stereocenters. The highest BCUT2D eigenvalue weighted by molar-refractivity contribution is 9.10. The Morgan fingerprint density at radius 3 is 2.62 bits per heavy atom. The maximum Gasteiger partial charge on any atom is 0.137 e. The van der Waals surface area contributed by atoms with Crippen molar-refractivity contribution < 1.29 is 19.0 Å². The molecule has 0 bridgehead atoms. The highest BCUT2D eigenvalue weighted by atomic mass is 79.9. The molecule has 0 saturated heterocycles. The maximum absolute atomic E-state index is 13.5. The van der Waals surface area contributed by atoms with Gasteiger partial charge in [-0.2, -0.15) is 0 Å². The normalized spacial score (nSPS) is 12.0. The number of rotatable bonds is 5. The van der Waals surface area contributed by atoms with E-state index < -0.39 is 6.10 Å². The van der Waals surface area contributed by atoms with E-state index in [9.17, 15) is 9.50 Å². The average Bonchev–Trinajstić information content (AvgIpc) is 2.51. The molecule has 21 heavy (non-hydrogen) atoms. The van der Waals surface area contributed by atoms with Gasteiger partial charge in [-0.15, -0.1) is 0 Å². The lowest BCUT2D eigenvalue weighted by atomic mass is 10.00. The maximum atomic E-state index is 13.5. The Morgan fingerprint density at radius 1 is 1.19 bits per heavy atom. The van der Waals surface area contributed by atoms with E-state index in [0.29, 0.717) is 27.1 Å². The summed E-state index contributed by atoms with van der Waals surface area (Å²) >= 11 is 3.20. The summed E-state index contributed by atoms with van der Waals surface area (Å²) in [5.74, 6) is 0.844. The summed E-state index contributed by atoms with van der Waals surface area (Å²) in [6, 6.07) is 9.96. The lowest BCUT2D eigenvalue weighted by molar-refractivity contribution is 0.173. The summed E-state index contributed by atoms with van der Waals surface area (Å²) in [7, 11) is 3.09. The predicted octanol–water partition coefficient (Wildman–Crippen LogP) is 3.88. The van der Waals surface area contributed by atoms with Crippen molar-refractivity contribution in [3.8, 4) is 11.5 Å². The van der Waals surface area contributed by atoms with Gasteiger partial charge in [0.15, 0.2) is 0 Å². The van der Waals surface area contributed by atoms with E-state index in [1.165, 1.54) is 13.2 Å². The molecule has 0 fully saturated rings. The van der Waals surface area contributed by atoms with Crippen LogP contribution in [0, 0.1) is 5.82 Å². The van der Waals surface area contributed by atoms with Gasteiger partial charge < -0.3 is 14.6 Å². The van der Waals surface area contributed by atoms with Gasteiger partial charge in [0, 0.05) is 12.0 Å². The molecular weight excluding hydrogens is 339 g/mol. The van der Waals surface area contributed by atoms with E-state index >= 15 is 0 Å². The van der Waals surface area contributed by atoms with Crippen LogP contribution in [-0.2, 0) is 6.42 Å². The van der Waals surface area contributed by atoms with Gasteiger partial charge in [-0.1, -0.05) is 12.1 Å². The Labute approximate surface area is 131 Å². The molecule has 0 aliphatic rings. The first-order valence-electron chi connectivity index (χ1n) is 6.39. The molecule has 0 amide bonds. The van der Waals surface area contributed by atoms with Gasteiger partial charge in [-0.05, 0) is 45.8 Å². The number of halogens is 2. The van der Waals surface area contributed by atoms with Crippen LogP contribution >= 0.6 is 15.9 Å². The van der Waals surface area contributed by atoms with Crippen LogP contribution in [0.1, 0.15) is 17.2 Å². The van der Waals surface area contributed by atoms with Gasteiger partial charge in [0.05, 0.1) is 24.8 Å². The first kappa shape index (κ1) is 15.8. The number of ether oxygens (including phenoxy) is 2. The van der Waals surface area contributed by atoms with E-state index in [2.05, 4.69) is 15.9 Å². The summed E-state index contributed by atoms with van der Waals surface area (Å²) in [5, 5.41) is 10.4. The van der Waals surface area contributed by atoms with E-state index in [-0.39, 0.29) is 12.2 Å². The van der Waals surface area contributed by atoms with Crippen LogP contribution in [0.15, 0.2) is 40.9 Å². The fourth-order valence-corrected chi connectivity index (χ4v) is 2.55. The monoisotopic (exact) mass is 354 g/mol. The summed E-state index contributed by atoms with van der Waals surface area (Å²) in [5.41, 5.74) is 1.29. The lowest BCUT2D eigenvalue weighted by Gasteiger charge is -2.17. The minimum Gasteiger partial charge on any atom is -0.497 e. The summed E-state index contributed by atoms with van der Waals surface area (Å²) in [6.07, 6.45) is -0.560. The molecule has 5 heteroatoms. The molecule has 0 saturated carbocycles. The van der Waals surface area contributed by atoms with Crippen LogP contribution in [0.5, 0.6) is 11.5 Å². The molecule has 0 heterocycles. The van der Waals surface area contributed by atoms with Crippen molar-refractivity contribution in [2.45, 2.75) is 12.5 Å². The number of methoxy groups -OCH3 is 2. The second kappa shape index (κ2) is 6.91. The van der Waals surface area contributed by atoms with Gasteiger partial charge >= 0.3 is 0 Å². The molecule has 0 aliphatic carbocycles. The van der Waals surface area contributed by atoms with Crippen molar-refractivity contribution in [2.75, 3.05) is 14.2 Å². The summed E-state index contributed by atoms with van der Waals surface area (Å²) in [4.78, 5) is 0. The van der Waals surface area contributed by atoms with Gasteiger partial charge in [-0.3, -0.25) is 0 Å². The average molecular weight is 355 g/mol. The molecule has 1 N–H and O–H groups in total. The first-order chi connectivity index (χ1) is 10.1. The highest BCUT2D eigenvalue weighted by Gasteiger charge is 2.17. The lowest BCUT2D eigenvalue weighted by Crippen LogP contribution is -2.05. The largest absolute Gasteiger partial charge is 0.497 e. The molecule has 0 spiro atoms. The van der Waals surface area contributed by atoms with Gasteiger partial charge in [0.1, 0.15) is 17.3 Å². The fourth-order valence-electron chi connectivity index (χ4n) is 2.12. The van der Waals surface area contributed by atoms with Crippen molar-refractivity contribution in [3.05, 3.63) is 57.8 Å². The second-order valence-corrected chi connectivity index (χ2v) is 5.33. The Morgan fingerprint density at radius 2 is 1.95 bits per heavy atom. The quantitative estimate of drug-likeness (QED) is 0.885. The minimum atomic E-state index is -0.826. The van der Waals surface area contributed by atoms with Gasteiger partial charge in [0.2, 0.25) is 0 Å². The fraction of sp³-hybridized carbons (Fsp3) is 0.250. The number of aliphatic hydroxyl groups is 1. The standard InChI is InChI=1S/C16H16BrFO3/c1-20-11-6-7-15(21-2)12(9-11)14(19)8-10-4-3-5-13(18)16(10)17/h3-7,9,14,19H,8H2,1-2H3. The molecule has 2 rings (SSSR count). The van der Waals surface area contributed by atoms with Crippen LogP contribution in [0.25, 0.3) is 0 Å². The Hall–Kier alpha value is -1.59. The first-order valence-corrected chi connectivity index (χ1v) is 7.19. The number of hydrogen-bond donors (Lipinski definition) is 1. The number of aliphatic hydroxyl groups excluding tert-OH is 1. The van der Waals surface area contributed by atoms with Gasteiger partial charge in [-0.25, -0.2) is 4.39 Å². The smallest absolute Gasteiger partial charge is 0.137 e. The Bertz CT molecular complexity index is 631. The Balaban J connectivity index is 2.31. The molecule has 112 valence electrons. The molecule has 0 aromatic heterocycles. The molecular formula is C16H16BrFO3. The molecule has 0 radical (unpaired) electrons. The minimum absolute atomic E-state index is 0.266. The van der Waals surface area contributed by atoms with E-state index in [4.69, 9.17) is 9.47 Å². The van der Waals surface area contributed by atoms with Crippen molar-refractivity contribution >= 4 is 15.9 Å². The van der Waals surface area contributed by atoms with Crippen LogP contribution < -0.4 is 9.47 Å². The molecule has 1 unspecified atom stereocenters. The van der Waals surface area contributed by atoms with Crippen LogP contribution in [-0.4, -0.2) is 19.3 Å². The van der Waals surface area contributed by atoms with E-state index in [1.807, 2.05) is 0 Å². The van der Waals surface area contributed by atoms with Crippen molar-refractivity contribution in [1.29, 1.82) is 0 Å². The van der Waals surface area contributed by atoms with Crippen LogP contribution in [0.2, 0.25) is 0 Å². The zero-order chi connectivity index (χ0) is 15.4. The molecule has 2 aromatic rings. The molecule has 3 nitrogen and oxygen atoms in total. The zero-order valence-electron chi connectivity index (χ0n) is 11.8. The van der Waals surface area contributed by atoms with E-state index in [1.54, 1.807) is 37.4 Å². The van der Waals surface area contributed by atoms with Gasteiger partial charge in [0.25, 0.3) is 0 Å². The predicted molar refractivity (Wildman–Crippen MR) is 82.3 cm³/mol. The van der Waals surface area contributed by atoms with Crippen LogP contribution in [0.3, 0.4) is 0 Å². The molecule has 2 aromatic carbocycles.